The van der Waals surface area contributed by atoms with E-state index in [0.717, 1.165) is 0 Å². The third-order valence-corrected chi connectivity index (χ3v) is 4.43. The molecule has 2 fully saturated rings. The van der Waals surface area contributed by atoms with E-state index in [0.29, 0.717) is 0 Å². The van der Waals surface area contributed by atoms with Gasteiger partial charge in [0.1, 0.15) is 48.8 Å². The molecule has 2 aliphatic heterocycles. The fourth-order valence-corrected chi connectivity index (χ4v) is 2.96. The van der Waals surface area contributed by atoms with Crippen LogP contribution in [0.25, 0.3) is 0 Å². The average Bonchev–Trinajstić information content (AvgIpc) is 2.58. The lowest BCUT2D eigenvalue weighted by Crippen LogP contribution is -2.65. The van der Waals surface area contributed by atoms with Gasteiger partial charge in [0.05, 0.1) is 12.7 Å². The van der Waals surface area contributed by atoms with E-state index in [2.05, 4.69) is 0 Å². The Kier molecular flexibility index (Phi) is 7.09. The molecule has 11 heteroatoms. The second-order valence-corrected chi connectivity index (χ2v) is 6.22. The van der Waals surface area contributed by atoms with Crippen LogP contribution in [0.2, 0.25) is 0 Å². The molecule has 0 unspecified atom stereocenters. The molecule has 2 rings (SSSR count). The van der Waals surface area contributed by atoms with Gasteiger partial charge in [0.25, 0.3) is 0 Å². The Labute approximate surface area is 143 Å². The molecule has 148 valence electrons. The second-order valence-electron chi connectivity index (χ2n) is 6.22. The Morgan fingerprint density at radius 2 is 1.48 bits per heavy atom. The van der Waals surface area contributed by atoms with Crippen molar-refractivity contribution in [3.05, 3.63) is 0 Å². The minimum Gasteiger partial charge on any atom is -0.394 e. The highest BCUT2D eigenvalue weighted by atomic mass is 16.7. The van der Waals surface area contributed by atoms with Gasteiger partial charge in [0.15, 0.2) is 12.6 Å². The van der Waals surface area contributed by atoms with Gasteiger partial charge in [-0.05, 0) is 6.92 Å². The van der Waals surface area contributed by atoms with Crippen LogP contribution in [0.3, 0.4) is 0 Å². The van der Waals surface area contributed by atoms with Crippen LogP contribution in [-0.4, -0.2) is 117 Å². The zero-order valence-electron chi connectivity index (χ0n) is 13.8. The average molecular weight is 370 g/mol. The van der Waals surface area contributed by atoms with Crippen LogP contribution in [0.5, 0.6) is 0 Å². The first-order valence-electron chi connectivity index (χ1n) is 7.91. The zero-order valence-corrected chi connectivity index (χ0v) is 13.8. The Morgan fingerprint density at radius 1 is 0.880 bits per heavy atom. The van der Waals surface area contributed by atoms with Gasteiger partial charge in [-0.3, -0.25) is 0 Å². The van der Waals surface area contributed by atoms with Crippen molar-refractivity contribution in [1.29, 1.82) is 0 Å². The molecule has 2 aliphatic rings. The minimum absolute atomic E-state index is 0.595. The summed E-state index contributed by atoms with van der Waals surface area (Å²) in [5.74, 6) is 0. The predicted octanol–water partition coefficient (Wildman–Crippen LogP) is -4.35. The van der Waals surface area contributed by atoms with E-state index in [-0.39, 0.29) is 0 Å². The molecule has 2 saturated heterocycles. The van der Waals surface area contributed by atoms with E-state index in [4.69, 9.17) is 18.9 Å². The highest BCUT2D eigenvalue weighted by Gasteiger charge is 2.51. The van der Waals surface area contributed by atoms with Crippen molar-refractivity contribution in [2.24, 2.45) is 0 Å². The van der Waals surface area contributed by atoms with E-state index in [1.807, 2.05) is 0 Å². The predicted molar refractivity (Wildman–Crippen MR) is 78.0 cm³/mol. The number of methoxy groups -OCH3 is 1. The smallest absolute Gasteiger partial charge is 0.187 e. The standard InChI is InChI=1S/C14H26O11/c1-4(16)11-7(18)6(17)9(20)14(24-11)25-12-5(3-15)23-13(22-2)10(21)8(12)19/h4-21H,3H2,1-2H3/t4-,5-,6+,7-,8-,9-,10-,11-,12+,13+,14+/m1/s1. The monoisotopic (exact) mass is 370 g/mol. The highest BCUT2D eigenvalue weighted by molar-refractivity contribution is 4.94. The second kappa shape index (κ2) is 8.50. The molecular weight excluding hydrogens is 344 g/mol. The molecule has 0 aromatic heterocycles. The summed E-state index contributed by atoms with van der Waals surface area (Å²) in [5, 5.41) is 69.0. The molecule has 0 aliphatic carbocycles. The molecule has 0 spiro atoms. The number of ether oxygens (including phenoxy) is 4. The van der Waals surface area contributed by atoms with Crippen LogP contribution in [0.1, 0.15) is 6.92 Å². The first kappa shape index (κ1) is 20.9. The van der Waals surface area contributed by atoms with Crippen molar-refractivity contribution in [3.8, 4) is 0 Å². The van der Waals surface area contributed by atoms with Crippen molar-refractivity contribution in [2.45, 2.75) is 74.4 Å². The zero-order chi connectivity index (χ0) is 18.9. The molecule has 0 saturated carbocycles. The molecule has 11 nitrogen and oxygen atoms in total. The first-order valence-corrected chi connectivity index (χ1v) is 7.91. The Morgan fingerprint density at radius 3 is 2.00 bits per heavy atom. The van der Waals surface area contributed by atoms with Gasteiger partial charge in [-0.2, -0.15) is 0 Å². The minimum atomic E-state index is -1.70. The van der Waals surface area contributed by atoms with E-state index in [1.165, 1.54) is 14.0 Å². The van der Waals surface area contributed by atoms with Gasteiger partial charge >= 0.3 is 0 Å². The van der Waals surface area contributed by atoms with E-state index >= 15 is 0 Å². The maximum atomic E-state index is 10.2. The summed E-state index contributed by atoms with van der Waals surface area (Å²) >= 11 is 0. The molecule has 0 amide bonds. The van der Waals surface area contributed by atoms with Gasteiger partial charge < -0.3 is 54.7 Å². The largest absolute Gasteiger partial charge is 0.394 e. The normalized spacial score (nSPS) is 49.8. The fourth-order valence-electron chi connectivity index (χ4n) is 2.96. The summed E-state index contributed by atoms with van der Waals surface area (Å²) in [7, 11) is 1.25. The molecule has 11 atom stereocenters. The molecule has 0 bridgehead atoms. The topological polar surface area (TPSA) is 179 Å². The Bertz CT molecular complexity index is 420. The van der Waals surface area contributed by atoms with Crippen molar-refractivity contribution >= 4 is 0 Å². The number of hydrogen-bond acceptors (Lipinski definition) is 11. The van der Waals surface area contributed by atoms with Crippen LogP contribution >= 0.6 is 0 Å². The van der Waals surface area contributed by atoms with Gasteiger partial charge in [-0.1, -0.05) is 0 Å². The number of aliphatic hydroxyl groups excluding tert-OH is 7. The quantitative estimate of drug-likeness (QED) is 0.249. The Hall–Kier alpha value is -0.440. The van der Waals surface area contributed by atoms with Crippen LogP contribution < -0.4 is 0 Å². The number of aliphatic hydroxyl groups is 7. The lowest BCUT2D eigenvalue weighted by molar-refractivity contribution is -0.360. The molecule has 25 heavy (non-hydrogen) atoms. The van der Waals surface area contributed by atoms with Gasteiger partial charge in [0, 0.05) is 7.11 Å². The van der Waals surface area contributed by atoms with Crippen LogP contribution in [0.4, 0.5) is 0 Å². The summed E-state index contributed by atoms with van der Waals surface area (Å²) < 4.78 is 20.8. The summed E-state index contributed by atoms with van der Waals surface area (Å²) in [6.45, 7) is 0.722. The van der Waals surface area contributed by atoms with Crippen LogP contribution in [0.15, 0.2) is 0 Å². The van der Waals surface area contributed by atoms with Crippen molar-refractivity contribution in [2.75, 3.05) is 13.7 Å². The molecule has 0 aromatic rings. The van der Waals surface area contributed by atoms with Crippen LogP contribution in [0, 0.1) is 0 Å². The Balaban J connectivity index is 2.15. The van der Waals surface area contributed by atoms with Gasteiger partial charge in [-0.15, -0.1) is 0 Å². The summed E-state index contributed by atoms with van der Waals surface area (Å²) in [6, 6.07) is 0. The van der Waals surface area contributed by atoms with E-state index < -0.39 is 74.1 Å². The van der Waals surface area contributed by atoms with Crippen molar-refractivity contribution < 1.29 is 54.7 Å². The molecular formula is C14H26O11. The molecule has 0 aromatic carbocycles. The first-order chi connectivity index (χ1) is 11.7. The lowest BCUT2D eigenvalue weighted by atomic mass is 9.95. The van der Waals surface area contributed by atoms with Crippen molar-refractivity contribution in [3.63, 3.8) is 0 Å². The van der Waals surface area contributed by atoms with E-state index in [9.17, 15) is 35.7 Å². The maximum absolute atomic E-state index is 10.2. The number of rotatable bonds is 5. The fraction of sp³-hybridized carbons (Fsp3) is 1.00. The third-order valence-electron chi connectivity index (χ3n) is 4.43. The molecule has 7 N–H and O–H groups in total. The summed E-state index contributed by atoms with van der Waals surface area (Å²) in [5.41, 5.74) is 0. The summed E-state index contributed by atoms with van der Waals surface area (Å²) in [6.07, 6.45) is -15.6. The van der Waals surface area contributed by atoms with E-state index in [1.54, 1.807) is 0 Å². The summed E-state index contributed by atoms with van der Waals surface area (Å²) in [4.78, 5) is 0. The van der Waals surface area contributed by atoms with Gasteiger partial charge in [0.2, 0.25) is 0 Å². The molecule has 0 radical (unpaired) electrons. The third kappa shape index (κ3) is 4.12. The van der Waals surface area contributed by atoms with Crippen LogP contribution in [-0.2, 0) is 18.9 Å². The van der Waals surface area contributed by atoms with Gasteiger partial charge in [-0.25, -0.2) is 0 Å². The maximum Gasteiger partial charge on any atom is 0.187 e. The van der Waals surface area contributed by atoms with Crippen molar-refractivity contribution in [1.82, 2.24) is 0 Å². The molecule has 2 heterocycles. The lowest BCUT2D eigenvalue weighted by Gasteiger charge is -2.46. The number of hydrogen-bond donors (Lipinski definition) is 7. The SMILES string of the molecule is CO[C@H]1O[C@H](CO)[C@H](O[C@@H]2O[C@H]([C@@H](C)O)[C@H](O)[C@H](O)[C@H]2O)[C@H](O)[C@H]1O. The highest BCUT2D eigenvalue weighted by Crippen LogP contribution is 2.30.